The lowest BCUT2D eigenvalue weighted by molar-refractivity contribution is -0.221. The zero-order valence-electron chi connectivity index (χ0n) is 15.4. The van der Waals surface area contributed by atoms with Gasteiger partial charge in [0.05, 0.1) is 0 Å². The standard InChI is InChI=1S/C21H32O3/c1-14(22)24-21(23)12-11-20(3)15(13-21)6-7-16-17-5-4-9-19(17,2)10-8-18(16)20/h6,16-18,23H,4-5,7-13H2,1-3H3/t16-,17-,18-,19-,20-,21?/m0/s1. The van der Waals surface area contributed by atoms with E-state index in [1.54, 1.807) is 0 Å². The summed E-state index contributed by atoms with van der Waals surface area (Å²) in [7, 11) is 0. The van der Waals surface area contributed by atoms with Crippen molar-refractivity contribution in [2.45, 2.75) is 84.3 Å². The van der Waals surface area contributed by atoms with Crippen LogP contribution in [0.1, 0.15) is 78.6 Å². The molecule has 4 rings (SSSR count). The molecule has 0 aromatic carbocycles. The van der Waals surface area contributed by atoms with Crippen molar-refractivity contribution in [1.29, 1.82) is 0 Å². The Morgan fingerprint density at radius 2 is 1.96 bits per heavy atom. The molecule has 1 unspecified atom stereocenters. The van der Waals surface area contributed by atoms with Crippen LogP contribution < -0.4 is 0 Å². The number of carbonyl (C=O) groups excluding carboxylic acids is 1. The van der Waals surface area contributed by atoms with Crippen LogP contribution in [0, 0.1) is 28.6 Å². The van der Waals surface area contributed by atoms with Crippen molar-refractivity contribution in [1.82, 2.24) is 0 Å². The molecule has 0 heterocycles. The summed E-state index contributed by atoms with van der Waals surface area (Å²) >= 11 is 0. The van der Waals surface area contributed by atoms with Crippen LogP contribution in [0.2, 0.25) is 0 Å². The van der Waals surface area contributed by atoms with E-state index < -0.39 is 5.79 Å². The summed E-state index contributed by atoms with van der Waals surface area (Å²) < 4.78 is 5.27. The predicted molar refractivity (Wildman–Crippen MR) is 93.0 cm³/mol. The summed E-state index contributed by atoms with van der Waals surface area (Å²) in [5, 5.41) is 10.7. The lowest BCUT2D eigenvalue weighted by atomic mass is 9.48. The van der Waals surface area contributed by atoms with E-state index in [1.807, 2.05) is 0 Å². The van der Waals surface area contributed by atoms with Gasteiger partial charge in [-0.2, -0.15) is 0 Å². The topological polar surface area (TPSA) is 46.5 Å². The first-order valence-corrected chi connectivity index (χ1v) is 9.87. The highest BCUT2D eigenvalue weighted by Crippen LogP contribution is 2.65. The molecule has 3 saturated carbocycles. The number of rotatable bonds is 1. The van der Waals surface area contributed by atoms with Crippen molar-refractivity contribution in [3.05, 3.63) is 11.6 Å². The Labute approximate surface area is 145 Å². The van der Waals surface area contributed by atoms with Gasteiger partial charge in [-0.25, -0.2) is 0 Å². The highest BCUT2D eigenvalue weighted by Gasteiger charge is 2.57. The predicted octanol–water partition coefficient (Wildman–Crippen LogP) is 4.59. The van der Waals surface area contributed by atoms with Crippen molar-refractivity contribution in [2.75, 3.05) is 0 Å². The quantitative estimate of drug-likeness (QED) is 0.434. The van der Waals surface area contributed by atoms with E-state index >= 15 is 0 Å². The molecule has 0 amide bonds. The zero-order valence-corrected chi connectivity index (χ0v) is 15.4. The smallest absolute Gasteiger partial charge is 0.305 e. The third-order valence-electron chi connectivity index (χ3n) is 8.24. The zero-order chi connectivity index (χ0) is 17.2. The van der Waals surface area contributed by atoms with Gasteiger partial charge in [-0.3, -0.25) is 4.79 Å². The summed E-state index contributed by atoms with van der Waals surface area (Å²) in [5.41, 5.74) is 2.12. The average molecular weight is 332 g/mol. The van der Waals surface area contributed by atoms with E-state index in [0.717, 1.165) is 30.6 Å². The molecular weight excluding hydrogens is 300 g/mol. The van der Waals surface area contributed by atoms with Crippen molar-refractivity contribution in [2.24, 2.45) is 28.6 Å². The van der Waals surface area contributed by atoms with Crippen LogP contribution in [0.3, 0.4) is 0 Å². The Bertz CT molecular complexity index is 582. The third kappa shape index (κ3) is 2.38. The van der Waals surface area contributed by atoms with Gasteiger partial charge < -0.3 is 9.84 Å². The molecule has 3 nitrogen and oxygen atoms in total. The molecule has 0 saturated heterocycles. The molecule has 3 fully saturated rings. The second kappa shape index (κ2) is 5.33. The number of aliphatic hydroxyl groups is 1. The molecule has 4 aliphatic carbocycles. The first-order valence-electron chi connectivity index (χ1n) is 9.87. The number of fused-ring (bicyclic) bond motifs is 5. The Balaban J connectivity index is 1.61. The van der Waals surface area contributed by atoms with Gasteiger partial charge in [-0.05, 0) is 67.1 Å². The van der Waals surface area contributed by atoms with Gasteiger partial charge in [-0.1, -0.05) is 31.9 Å². The SMILES string of the molecule is CC(=O)OC1(O)CC[C@@]2(C)C(=CC[C@H]3[C@@H]4CCC[C@@]4(C)CC[C@@H]32)C1. The molecular formula is C21H32O3. The number of carbonyl (C=O) groups is 1. The van der Waals surface area contributed by atoms with Crippen LogP contribution in [0.5, 0.6) is 0 Å². The lowest BCUT2D eigenvalue weighted by Gasteiger charge is -2.58. The number of hydrogen-bond acceptors (Lipinski definition) is 3. The molecule has 0 radical (unpaired) electrons. The van der Waals surface area contributed by atoms with Crippen LogP contribution in [0.15, 0.2) is 11.6 Å². The summed E-state index contributed by atoms with van der Waals surface area (Å²) in [5.74, 6) is 0.797. The van der Waals surface area contributed by atoms with Crippen LogP contribution in [-0.2, 0) is 9.53 Å². The van der Waals surface area contributed by atoms with Crippen LogP contribution >= 0.6 is 0 Å². The Hall–Kier alpha value is -0.830. The number of ether oxygens (including phenoxy) is 1. The largest absolute Gasteiger partial charge is 0.433 e. The lowest BCUT2D eigenvalue weighted by Crippen LogP contribution is -2.52. The summed E-state index contributed by atoms with van der Waals surface area (Å²) in [6.45, 7) is 6.34. The van der Waals surface area contributed by atoms with Crippen LogP contribution in [0.25, 0.3) is 0 Å². The van der Waals surface area contributed by atoms with Gasteiger partial charge >= 0.3 is 5.97 Å². The third-order valence-corrected chi connectivity index (χ3v) is 8.24. The van der Waals surface area contributed by atoms with Crippen molar-refractivity contribution < 1.29 is 14.6 Å². The minimum atomic E-state index is -1.28. The molecule has 0 aromatic heterocycles. The minimum Gasteiger partial charge on any atom is -0.433 e. The van der Waals surface area contributed by atoms with Gasteiger partial charge in [0.1, 0.15) is 0 Å². The van der Waals surface area contributed by atoms with E-state index in [0.29, 0.717) is 18.3 Å². The highest BCUT2D eigenvalue weighted by molar-refractivity contribution is 5.66. The van der Waals surface area contributed by atoms with Crippen LogP contribution in [-0.4, -0.2) is 16.9 Å². The number of allylic oxidation sites excluding steroid dienone is 1. The summed E-state index contributed by atoms with van der Waals surface area (Å²) in [6, 6.07) is 0. The van der Waals surface area contributed by atoms with E-state index in [-0.39, 0.29) is 11.4 Å². The first kappa shape index (κ1) is 16.6. The maximum Gasteiger partial charge on any atom is 0.305 e. The first-order chi connectivity index (χ1) is 11.3. The Morgan fingerprint density at radius 1 is 1.17 bits per heavy atom. The molecule has 6 atom stereocenters. The monoisotopic (exact) mass is 332 g/mol. The fourth-order valence-corrected chi connectivity index (χ4v) is 6.97. The summed E-state index contributed by atoms with van der Waals surface area (Å²) in [4.78, 5) is 11.3. The van der Waals surface area contributed by atoms with Gasteiger partial charge in [-0.15, -0.1) is 0 Å². The summed E-state index contributed by atoms with van der Waals surface area (Å²) in [6.07, 6.45) is 12.5. The van der Waals surface area contributed by atoms with Gasteiger partial charge in [0.25, 0.3) is 0 Å². The van der Waals surface area contributed by atoms with E-state index in [2.05, 4.69) is 19.9 Å². The fraction of sp³-hybridized carbons (Fsp3) is 0.857. The average Bonchev–Trinajstić information content (AvgIpc) is 2.89. The number of hydrogen-bond donors (Lipinski definition) is 1. The second-order valence-electron chi connectivity index (χ2n) is 9.56. The molecule has 134 valence electrons. The maximum absolute atomic E-state index is 11.3. The Morgan fingerprint density at radius 3 is 2.71 bits per heavy atom. The molecule has 0 spiro atoms. The highest BCUT2D eigenvalue weighted by atomic mass is 16.7. The van der Waals surface area contributed by atoms with Gasteiger partial charge in [0, 0.05) is 19.8 Å². The van der Waals surface area contributed by atoms with Gasteiger partial charge in [0.15, 0.2) is 0 Å². The molecule has 24 heavy (non-hydrogen) atoms. The van der Waals surface area contributed by atoms with Crippen LogP contribution in [0.4, 0.5) is 0 Å². The fourth-order valence-electron chi connectivity index (χ4n) is 6.97. The molecule has 0 bridgehead atoms. The molecule has 0 aliphatic heterocycles. The maximum atomic E-state index is 11.3. The van der Waals surface area contributed by atoms with Crippen molar-refractivity contribution >= 4 is 5.97 Å². The molecule has 1 N–H and O–H groups in total. The second-order valence-corrected chi connectivity index (χ2v) is 9.56. The van der Waals surface area contributed by atoms with Crippen molar-refractivity contribution in [3.63, 3.8) is 0 Å². The molecule has 0 aromatic rings. The van der Waals surface area contributed by atoms with E-state index in [4.69, 9.17) is 4.74 Å². The van der Waals surface area contributed by atoms with E-state index in [1.165, 1.54) is 44.6 Å². The normalized spacial score (nSPS) is 50.3. The van der Waals surface area contributed by atoms with Gasteiger partial charge in [0.2, 0.25) is 5.79 Å². The Kier molecular flexibility index (Phi) is 3.69. The minimum absolute atomic E-state index is 0.194. The number of esters is 1. The molecule has 3 heteroatoms. The van der Waals surface area contributed by atoms with Crippen molar-refractivity contribution in [3.8, 4) is 0 Å². The molecule has 4 aliphatic rings. The van der Waals surface area contributed by atoms with E-state index in [9.17, 15) is 9.90 Å².